The van der Waals surface area contributed by atoms with Crippen LogP contribution in [0.15, 0.2) is 53.9 Å². The van der Waals surface area contributed by atoms with Gasteiger partial charge in [0.1, 0.15) is 5.69 Å². The fourth-order valence-corrected chi connectivity index (χ4v) is 3.92. The van der Waals surface area contributed by atoms with E-state index in [0.717, 1.165) is 6.42 Å². The SMILES string of the molecule is CCCN(C)C(=O)c1csc(N(C(=O)c2ccccc2Cl)c2ccc(Cl)cc2)n1. The van der Waals surface area contributed by atoms with Gasteiger partial charge in [-0.3, -0.25) is 14.5 Å². The lowest BCUT2D eigenvalue weighted by Crippen LogP contribution is -2.28. The number of thiazole rings is 1. The van der Waals surface area contributed by atoms with Crippen molar-refractivity contribution in [3.8, 4) is 0 Å². The zero-order chi connectivity index (χ0) is 21.0. The first kappa shape index (κ1) is 21.3. The Hall–Kier alpha value is -2.41. The minimum Gasteiger partial charge on any atom is -0.340 e. The Bertz CT molecular complexity index is 1020. The van der Waals surface area contributed by atoms with Gasteiger partial charge < -0.3 is 4.90 Å². The van der Waals surface area contributed by atoms with Crippen molar-refractivity contribution in [2.45, 2.75) is 13.3 Å². The number of carbonyl (C=O) groups excluding carboxylic acids is 2. The van der Waals surface area contributed by atoms with E-state index in [-0.39, 0.29) is 11.8 Å². The van der Waals surface area contributed by atoms with Crippen LogP contribution in [0.25, 0.3) is 0 Å². The third-order valence-corrected chi connectivity index (χ3v) is 5.61. The van der Waals surface area contributed by atoms with E-state index in [9.17, 15) is 9.59 Å². The van der Waals surface area contributed by atoms with Gasteiger partial charge in [-0.2, -0.15) is 0 Å². The van der Waals surface area contributed by atoms with Crippen LogP contribution in [-0.2, 0) is 0 Å². The molecule has 3 aromatic rings. The van der Waals surface area contributed by atoms with Crippen molar-refractivity contribution in [1.29, 1.82) is 0 Å². The van der Waals surface area contributed by atoms with Crippen LogP contribution < -0.4 is 4.90 Å². The quantitative estimate of drug-likeness (QED) is 0.471. The van der Waals surface area contributed by atoms with Crippen molar-refractivity contribution in [3.63, 3.8) is 0 Å². The van der Waals surface area contributed by atoms with Gasteiger partial charge >= 0.3 is 0 Å². The molecule has 0 N–H and O–H groups in total. The number of halogens is 2. The molecule has 2 aromatic carbocycles. The second-order valence-corrected chi connectivity index (χ2v) is 8.02. The normalized spacial score (nSPS) is 10.6. The second-order valence-electron chi connectivity index (χ2n) is 6.34. The highest BCUT2D eigenvalue weighted by atomic mass is 35.5. The van der Waals surface area contributed by atoms with Gasteiger partial charge in [0.2, 0.25) is 0 Å². The molecule has 5 nitrogen and oxygen atoms in total. The number of hydrogen-bond acceptors (Lipinski definition) is 4. The summed E-state index contributed by atoms with van der Waals surface area (Å²) in [6.45, 7) is 2.63. The second kappa shape index (κ2) is 9.39. The molecule has 0 spiro atoms. The van der Waals surface area contributed by atoms with Gasteiger partial charge in [-0.1, -0.05) is 42.3 Å². The number of hydrogen-bond donors (Lipinski definition) is 0. The highest BCUT2D eigenvalue weighted by Crippen LogP contribution is 2.32. The van der Waals surface area contributed by atoms with E-state index in [1.165, 1.54) is 16.2 Å². The first-order valence-corrected chi connectivity index (χ1v) is 10.6. The molecule has 0 aliphatic heterocycles. The minimum atomic E-state index is -0.340. The first-order chi connectivity index (χ1) is 13.9. The van der Waals surface area contributed by atoms with Gasteiger partial charge in [-0.25, -0.2) is 4.98 Å². The van der Waals surface area contributed by atoms with E-state index in [4.69, 9.17) is 23.2 Å². The standard InChI is InChI=1S/C21H19Cl2N3O2S/c1-3-12-25(2)20(28)18-13-29-21(24-18)26(15-10-8-14(22)9-11-15)19(27)16-6-4-5-7-17(16)23/h4-11,13H,3,12H2,1-2H3. The summed E-state index contributed by atoms with van der Waals surface area (Å²) in [5.74, 6) is -0.524. The molecule has 0 atom stereocenters. The van der Waals surface area contributed by atoms with Crippen LogP contribution in [0, 0.1) is 0 Å². The molecule has 0 saturated heterocycles. The van der Waals surface area contributed by atoms with Gasteiger partial charge in [-0.05, 0) is 42.8 Å². The van der Waals surface area contributed by atoms with Crippen molar-refractivity contribution in [1.82, 2.24) is 9.88 Å². The molecular weight excluding hydrogens is 429 g/mol. The summed E-state index contributed by atoms with van der Waals surface area (Å²) in [4.78, 5) is 33.4. The van der Waals surface area contributed by atoms with Crippen LogP contribution in [0.5, 0.6) is 0 Å². The zero-order valence-corrected chi connectivity index (χ0v) is 18.3. The summed E-state index contributed by atoms with van der Waals surface area (Å²) < 4.78 is 0. The highest BCUT2D eigenvalue weighted by Gasteiger charge is 2.26. The maximum atomic E-state index is 13.3. The third kappa shape index (κ3) is 4.78. The summed E-state index contributed by atoms with van der Waals surface area (Å²) in [6.07, 6.45) is 0.848. The molecule has 0 aliphatic carbocycles. The summed E-state index contributed by atoms with van der Waals surface area (Å²) in [5, 5.41) is 2.93. The average Bonchev–Trinajstić information content (AvgIpc) is 3.19. The zero-order valence-electron chi connectivity index (χ0n) is 15.9. The lowest BCUT2D eigenvalue weighted by atomic mass is 10.2. The van der Waals surface area contributed by atoms with Gasteiger partial charge in [0.15, 0.2) is 5.13 Å². The number of aromatic nitrogens is 1. The number of amides is 2. The molecule has 0 bridgehead atoms. The molecule has 8 heteroatoms. The van der Waals surface area contributed by atoms with Crippen molar-refractivity contribution in [2.24, 2.45) is 0 Å². The van der Waals surface area contributed by atoms with Crippen LogP contribution >= 0.6 is 34.5 Å². The van der Waals surface area contributed by atoms with Gasteiger partial charge in [-0.15, -0.1) is 11.3 Å². The first-order valence-electron chi connectivity index (χ1n) is 8.98. The van der Waals surface area contributed by atoms with Crippen LogP contribution in [0.1, 0.15) is 34.2 Å². The lowest BCUT2D eigenvalue weighted by molar-refractivity contribution is 0.0789. The molecule has 1 aromatic heterocycles. The molecule has 2 amide bonds. The summed E-state index contributed by atoms with van der Waals surface area (Å²) in [6, 6.07) is 13.7. The fourth-order valence-electron chi connectivity index (χ4n) is 2.76. The minimum absolute atomic E-state index is 0.185. The fraction of sp³-hybridized carbons (Fsp3) is 0.190. The van der Waals surface area contributed by atoms with Crippen LogP contribution in [0.4, 0.5) is 10.8 Å². The molecule has 0 saturated carbocycles. The number of carbonyl (C=O) groups is 2. The Kier molecular flexibility index (Phi) is 6.90. The lowest BCUT2D eigenvalue weighted by Gasteiger charge is -2.21. The van der Waals surface area contributed by atoms with Crippen molar-refractivity contribution in [2.75, 3.05) is 18.5 Å². The average molecular weight is 448 g/mol. The Morgan fingerprint density at radius 3 is 2.38 bits per heavy atom. The molecule has 29 heavy (non-hydrogen) atoms. The maximum Gasteiger partial charge on any atom is 0.273 e. The van der Waals surface area contributed by atoms with Crippen LogP contribution in [0.2, 0.25) is 10.0 Å². The van der Waals surface area contributed by atoms with E-state index in [1.807, 2.05) is 6.92 Å². The summed E-state index contributed by atoms with van der Waals surface area (Å²) >= 11 is 13.5. The Labute approximate surface area is 183 Å². The molecular formula is C21H19Cl2N3O2S. The van der Waals surface area contributed by atoms with Gasteiger partial charge in [0, 0.05) is 24.0 Å². The number of anilines is 2. The van der Waals surface area contributed by atoms with Crippen molar-refractivity contribution in [3.05, 3.63) is 75.2 Å². The highest BCUT2D eigenvalue weighted by molar-refractivity contribution is 7.14. The number of rotatable bonds is 6. The summed E-state index contributed by atoms with van der Waals surface area (Å²) in [5.41, 5.74) is 1.22. The number of nitrogens with zero attached hydrogens (tertiary/aromatic N) is 3. The van der Waals surface area contributed by atoms with E-state index < -0.39 is 0 Å². The smallest absolute Gasteiger partial charge is 0.273 e. The van der Waals surface area contributed by atoms with E-state index in [2.05, 4.69) is 4.98 Å². The Balaban J connectivity index is 2.03. The third-order valence-electron chi connectivity index (χ3n) is 4.20. The predicted octanol–water partition coefficient (Wildman–Crippen LogP) is 5.91. The maximum absolute atomic E-state index is 13.3. The van der Waals surface area contributed by atoms with Gasteiger partial charge in [0.25, 0.3) is 11.8 Å². The Morgan fingerprint density at radius 1 is 1.03 bits per heavy atom. The van der Waals surface area contributed by atoms with Crippen molar-refractivity contribution >= 4 is 57.2 Å². The molecule has 0 unspecified atom stereocenters. The molecule has 3 rings (SSSR count). The Morgan fingerprint density at radius 2 is 1.72 bits per heavy atom. The van der Waals surface area contributed by atoms with Gasteiger partial charge in [0.05, 0.1) is 16.3 Å². The topological polar surface area (TPSA) is 53.5 Å². The van der Waals surface area contributed by atoms with Crippen LogP contribution in [-0.4, -0.2) is 35.3 Å². The molecule has 0 radical (unpaired) electrons. The predicted molar refractivity (Wildman–Crippen MR) is 119 cm³/mol. The largest absolute Gasteiger partial charge is 0.340 e. The van der Waals surface area contributed by atoms with Crippen molar-refractivity contribution < 1.29 is 9.59 Å². The molecule has 0 aliphatic rings. The van der Waals surface area contributed by atoms with Crippen LogP contribution in [0.3, 0.4) is 0 Å². The molecule has 0 fully saturated rings. The molecule has 1 heterocycles. The molecule has 150 valence electrons. The summed E-state index contributed by atoms with van der Waals surface area (Å²) in [7, 11) is 1.73. The van der Waals surface area contributed by atoms with E-state index in [1.54, 1.807) is 65.9 Å². The van der Waals surface area contributed by atoms with E-state index >= 15 is 0 Å². The monoisotopic (exact) mass is 447 g/mol. The van der Waals surface area contributed by atoms with E-state index in [0.29, 0.717) is 38.7 Å². The number of benzene rings is 2.